The van der Waals surface area contributed by atoms with Gasteiger partial charge in [0.15, 0.2) is 6.10 Å². The van der Waals surface area contributed by atoms with E-state index < -0.39 is 18.0 Å². The molecule has 0 bridgehead atoms. The van der Waals surface area contributed by atoms with Gasteiger partial charge in [0.2, 0.25) is 0 Å². The summed E-state index contributed by atoms with van der Waals surface area (Å²) >= 11 is 6.02. The van der Waals surface area contributed by atoms with Crippen LogP contribution in [0.2, 0.25) is 5.02 Å². The lowest BCUT2D eigenvalue weighted by atomic mass is 10.1. The third kappa shape index (κ3) is 4.30. The molecule has 0 saturated heterocycles. The number of halogens is 1. The van der Waals surface area contributed by atoms with Gasteiger partial charge in [-0.15, -0.1) is 0 Å². The maximum absolute atomic E-state index is 12.3. The first-order valence-corrected chi connectivity index (χ1v) is 8.05. The van der Waals surface area contributed by atoms with Gasteiger partial charge in [0, 0.05) is 5.69 Å². The van der Waals surface area contributed by atoms with Crippen LogP contribution < -0.4 is 10.1 Å². The smallest absolute Gasteiger partial charge is 0.344 e. The molecule has 7 nitrogen and oxygen atoms in total. The van der Waals surface area contributed by atoms with Crippen molar-refractivity contribution in [3.05, 3.63) is 40.2 Å². The average molecular weight is 367 g/mol. The SMILES string of the molecule is CCc1noc(C)c1C(=O)O[C@H](C)C(=O)Nc1ccc(OC)c(Cl)c1. The topological polar surface area (TPSA) is 90.7 Å². The number of esters is 1. The number of nitrogens with one attached hydrogen (secondary N) is 1. The molecule has 2 rings (SSSR count). The number of carbonyl (C=O) groups excluding carboxylic acids is 2. The Kier molecular flexibility index (Phi) is 6.03. The number of hydrogen-bond acceptors (Lipinski definition) is 6. The van der Waals surface area contributed by atoms with E-state index >= 15 is 0 Å². The number of carbonyl (C=O) groups is 2. The number of benzene rings is 1. The number of aryl methyl sites for hydroxylation is 2. The number of methoxy groups -OCH3 is 1. The Morgan fingerprint density at radius 3 is 2.72 bits per heavy atom. The number of rotatable bonds is 6. The Balaban J connectivity index is 2.04. The van der Waals surface area contributed by atoms with Gasteiger partial charge in [0.25, 0.3) is 5.91 Å². The van der Waals surface area contributed by atoms with E-state index in [1.54, 1.807) is 25.1 Å². The molecule has 8 heteroatoms. The van der Waals surface area contributed by atoms with Gasteiger partial charge in [-0.1, -0.05) is 23.7 Å². The van der Waals surface area contributed by atoms with Crippen LogP contribution in [-0.4, -0.2) is 30.2 Å². The van der Waals surface area contributed by atoms with E-state index in [0.29, 0.717) is 34.3 Å². The fourth-order valence-corrected chi connectivity index (χ4v) is 2.44. The third-order valence-electron chi connectivity index (χ3n) is 3.54. The summed E-state index contributed by atoms with van der Waals surface area (Å²) in [6, 6.07) is 4.81. The van der Waals surface area contributed by atoms with Gasteiger partial charge in [-0.3, -0.25) is 4.79 Å². The van der Waals surface area contributed by atoms with Crippen molar-refractivity contribution in [1.29, 1.82) is 0 Å². The van der Waals surface area contributed by atoms with Gasteiger partial charge >= 0.3 is 5.97 Å². The third-order valence-corrected chi connectivity index (χ3v) is 3.84. The molecule has 2 aromatic rings. The van der Waals surface area contributed by atoms with Gasteiger partial charge in [0.1, 0.15) is 17.1 Å². The van der Waals surface area contributed by atoms with Crippen LogP contribution in [0.25, 0.3) is 0 Å². The molecule has 0 spiro atoms. The van der Waals surface area contributed by atoms with Crippen LogP contribution in [0, 0.1) is 6.92 Å². The molecular formula is C17H19ClN2O5. The van der Waals surface area contributed by atoms with Crippen LogP contribution in [0.3, 0.4) is 0 Å². The first-order valence-electron chi connectivity index (χ1n) is 7.67. The van der Waals surface area contributed by atoms with Crippen molar-refractivity contribution in [2.45, 2.75) is 33.3 Å². The Morgan fingerprint density at radius 2 is 2.12 bits per heavy atom. The molecule has 1 aromatic carbocycles. The van der Waals surface area contributed by atoms with Crippen LogP contribution in [0.4, 0.5) is 5.69 Å². The second-order valence-corrected chi connectivity index (χ2v) is 5.71. The highest BCUT2D eigenvalue weighted by Crippen LogP contribution is 2.27. The Hall–Kier alpha value is -2.54. The maximum atomic E-state index is 12.3. The van der Waals surface area contributed by atoms with Crippen molar-refractivity contribution >= 4 is 29.2 Å². The molecule has 0 fully saturated rings. The monoisotopic (exact) mass is 366 g/mol. The van der Waals surface area contributed by atoms with Crippen LogP contribution in [0.15, 0.2) is 22.7 Å². The fourth-order valence-electron chi connectivity index (χ4n) is 2.18. The number of ether oxygens (including phenoxy) is 2. The predicted molar refractivity (Wildman–Crippen MR) is 92.1 cm³/mol. The first kappa shape index (κ1) is 18.8. The highest BCUT2D eigenvalue weighted by molar-refractivity contribution is 6.32. The molecule has 0 aliphatic carbocycles. The number of aromatic nitrogens is 1. The minimum Gasteiger partial charge on any atom is -0.495 e. The summed E-state index contributed by atoms with van der Waals surface area (Å²) in [4.78, 5) is 24.5. The van der Waals surface area contributed by atoms with Gasteiger partial charge in [-0.2, -0.15) is 0 Å². The van der Waals surface area contributed by atoms with E-state index in [-0.39, 0.29) is 5.56 Å². The largest absolute Gasteiger partial charge is 0.495 e. The zero-order chi connectivity index (χ0) is 18.6. The molecule has 0 aliphatic heterocycles. The lowest BCUT2D eigenvalue weighted by Gasteiger charge is -2.14. The highest BCUT2D eigenvalue weighted by atomic mass is 35.5. The summed E-state index contributed by atoms with van der Waals surface area (Å²) in [6.45, 7) is 4.94. The fraction of sp³-hybridized carbons (Fsp3) is 0.353. The lowest BCUT2D eigenvalue weighted by Crippen LogP contribution is -2.30. The summed E-state index contributed by atoms with van der Waals surface area (Å²) in [5, 5.41) is 6.79. The lowest BCUT2D eigenvalue weighted by molar-refractivity contribution is -0.123. The summed E-state index contributed by atoms with van der Waals surface area (Å²) in [7, 11) is 1.50. The van der Waals surface area contributed by atoms with E-state index in [1.807, 2.05) is 6.92 Å². The van der Waals surface area contributed by atoms with Crippen molar-refractivity contribution in [2.24, 2.45) is 0 Å². The Bertz CT molecular complexity index is 787. The summed E-state index contributed by atoms with van der Waals surface area (Å²) in [6.07, 6.45) is -0.487. The molecule has 1 atom stereocenters. The number of hydrogen-bond donors (Lipinski definition) is 1. The Labute approximate surface area is 150 Å². The van der Waals surface area contributed by atoms with E-state index in [1.165, 1.54) is 14.0 Å². The summed E-state index contributed by atoms with van der Waals surface area (Å²) < 4.78 is 15.3. The minimum absolute atomic E-state index is 0.259. The van der Waals surface area contributed by atoms with E-state index in [4.69, 9.17) is 25.6 Å². The Morgan fingerprint density at radius 1 is 1.40 bits per heavy atom. The second-order valence-electron chi connectivity index (χ2n) is 5.30. The van der Waals surface area contributed by atoms with E-state index in [2.05, 4.69) is 10.5 Å². The minimum atomic E-state index is -1.01. The second kappa shape index (κ2) is 8.02. The van der Waals surface area contributed by atoms with Crippen molar-refractivity contribution in [2.75, 3.05) is 12.4 Å². The van der Waals surface area contributed by atoms with Gasteiger partial charge < -0.3 is 19.3 Å². The molecule has 134 valence electrons. The molecule has 0 radical (unpaired) electrons. The normalized spacial score (nSPS) is 11.7. The van der Waals surface area contributed by atoms with Crippen LogP contribution >= 0.6 is 11.6 Å². The maximum Gasteiger partial charge on any atom is 0.344 e. The molecular weight excluding hydrogens is 348 g/mol. The summed E-state index contributed by atoms with van der Waals surface area (Å²) in [5.74, 6) is -0.279. The number of nitrogens with zero attached hydrogens (tertiary/aromatic N) is 1. The van der Waals surface area contributed by atoms with E-state index in [9.17, 15) is 9.59 Å². The van der Waals surface area contributed by atoms with Gasteiger partial charge in [0.05, 0.1) is 17.8 Å². The van der Waals surface area contributed by atoms with Crippen molar-refractivity contribution in [3.8, 4) is 5.75 Å². The quantitative estimate of drug-likeness (QED) is 0.788. The van der Waals surface area contributed by atoms with Gasteiger partial charge in [-0.05, 0) is 38.5 Å². The van der Waals surface area contributed by atoms with E-state index in [0.717, 1.165) is 0 Å². The van der Waals surface area contributed by atoms with Crippen LogP contribution in [-0.2, 0) is 16.0 Å². The molecule has 0 aliphatic rings. The average Bonchev–Trinajstić information content (AvgIpc) is 2.95. The molecule has 1 N–H and O–H groups in total. The predicted octanol–water partition coefficient (Wildman–Crippen LogP) is 3.39. The zero-order valence-electron chi connectivity index (χ0n) is 14.4. The molecule has 0 saturated carbocycles. The molecule has 1 amide bonds. The van der Waals surface area contributed by atoms with Crippen molar-refractivity contribution in [1.82, 2.24) is 5.16 Å². The first-order chi connectivity index (χ1) is 11.9. The van der Waals surface area contributed by atoms with Crippen LogP contribution in [0.1, 0.15) is 35.7 Å². The van der Waals surface area contributed by atoms with Crippen molar-refractivity contribution in [3.63, 3.8) is 0 Å². The number of amides is 1. The summed E-state index contributed by atoms with van der Waals surface area (Å²) in [5.41, 5.74) is 1.22. The standard InChI is InChI=1S/C17H19ClN2O5/c1-5-13-15(9(2)25-20-13)17(22)24-10(3)16(21)19-11-6-7-14(23-4)12(18)8-11/h6-8,10H,5H2,1-4H3,(H,19,21)/t10-/m1/s1. The molecule has 25 heavy (non-hydrogen) atoms. The molecule has 0 unspecified atom stereocenters. The molecule has 1 aromatic heterocycles. The zero-order valence-corrected chi connectivity index (χ0v) is 15.1. The number of anilines is 1. The van der Waals surface area contributed by atoms with Crippen LogP contribution in [0.5, 0.6) is 5.75 Å². The van der Waals surface area contributed by atoms with Gasteiger partial charge in [-0.25, -0.2) is 4.79 Å². The molecule has 1 heterocycles. The highest BCUT2D eigenvalue weighted by Gasteiger charge is 2.25. The van der Waals surface area contributed by atoms with Crippen molar-refractivity contribution < 1.29 is 23.6 Å².